The first kappa shape index (κ1) is 22.2. The minimum absolute atomic E-state index is 0.0653. The maximum atomic E-state index is 9.52. The minimum Gasteiger partial charge on any atom is -0.309 e. The van der Waals surface area contributed by atoms with Gasteiger partial charge in [-0.15, -0.1) is 0 Å². The number of fused-ring (bicyclic) bond motifs is 3. The average Bonchev–Trinajstić information content (AvgIpc) is 3.48. The van der Waals surface area contributed by atoms with Crippen molar-refractivity contribution >= 4 is 21.8 Å². The van der Waals surface area contributed by atoms with Crippen molar-refractivity contribution in [3.8, 4) is 84.4 Å². The molecule has 2 aromatic heterocycles. The van der Waals surface area contributed by atoms with E-state index in [1.165, 1.54) is 22.8 Å². The molecule has 61 heavy (non-hydrogen) atoms. The molecule has 0 saturated heterocycles. The summed E-state index contributed by atoms with van der Waals surface area (Å²) >= 11 is 0. The quantitative estimate of drug-likeness (QED) is 0.154. The van der Waals surface area contributed by atoms with Crippen LogP contribution in [0.5, 0.6) is 0 Å². The van der Waals surface area contributed by atoms with E-state index < -0.39 is 114 Å². The predicted octanol–water partition coefficient (Wildman–Crippen LogP) is 14.6. The van der Waals surface area contributed by atoms with Crippen LogP contribution in [0.25, 0.3) is 106 Å². The summed E-state index contributed by atoms with van der Waals surface area (Å²) in [5, 5.41) is -0.680. The van der Waals surface area contributed by atoms with Crippen LogP contribution in [0.15, 0.2) is 230 Å². The highest BCUT2D eigenvalue weighted by Gasteiger charge is 2.20. The summed E-state index contributed by atoms with van der Waals surface area (Å²) in [6, 6.07) is 26.6. The predicted molar refractivity (Wildman–Crippen MR) is 252 cm³/mol. The van der Waals surface area contributed by atoms with Crippen LogP contribution in [0.1, 0.15) is 23.3 Å². The van der Waals surface area contributed by atoms with Crippen LogP contribution in [0.3, 0.4) is 0 Å². The van der Waals surface area contributed by atoms with Gasteiger partial charge in [0, 0.05) is 33.0 Å². The van der Waals surface area contributed by atoms with E-state index >= 15 is 0 Å². The van der Waals surface area contributed by atoms with E-state index in [0.717, 1.165) is 22.3 Å². The molecule has 0 radical (unpaired) electrons. The fraction of sp³-hybridized carbons (Fsp3) is 0. The van der Waals surface area contributed by atoms with Crippen LogP contribution < -0.4 is 0 Å². The summed E-state index contributed by atoms with van der Waals surface area (Å²) in [5.74, 6) is 0.569. The van der Waals surface area contributed by atoms with Crippen LogP contribution in [-0.4, -0.2) is 19.5 Å². The van der Waals surface area contributed by atoms with Crippen LogP contribution in [-0.2, 0) is 0 Å². The van der Waals surface area contributed by atoms with Gasteiger partial charge >= 0.3 is 0 Å². The molecule has 9 aromatic carbocycles. The zero-order valence-corrected chi connectivity index (χ0v) is 31.9. The molecule has 0 aliphatic heterocycles. The number of benzene rings is 9. The van der Waals surface area contributed by atoms with E-state index in [0.29, 0.717) is 11.1 Å². The lowest BCUT2D eigenvalue weighted by Gasteiger charge is -2.16. The van der Waals surface area contributed by atoms with E-state index in [4.69, 9.17) is 28.7 Å². The van der Waals surface area contributed by atoms with E-state index in [2.05, 4.69) is 0 Å². The van der Waals surface area contributed by atoms with Crippen LogP contribution in [0.2, 0.25) is 0 Å². The number of hydrogen-bond donors (Lipinski definition) is 0. The van der Waals surface area contributed by atoms with Crippen molar-refractivity contribution in [3.05, 3.63) is 230 Å². The molecule has 0 aliphatic rings. The maximum absolute atomic E-state index is 9.52. The van der Waals surface area contributed by atoms with Gasteiger partial charge in [-0.3, -0.25) is 0 Å². The third kappa shape index (κ3) is 6.76. The summed E-state index contributed by atoms with van der Waals surface area (Å²) in [4.78, 5) is 14.9. The summed E-state index contributed by atoms with van der Waals surface area (Å²) < 4.78 is 154. The van der Waals surface area contributed by atoms with Crippen molar-refractivity contribution in [2.75, 3.05) is 0 Å². The topological polar surface area (TPSA) is 43.6 Å². The van der Waals surface area contributed by atoms with Gasteiger partial charge in [0.2, 0.25) is 0 Å². The second kappa shape index (κ2) is 15.5. The molecule has 11 rings (SSSR count). The molecule has 0 spiro atoms. The Balaban J connectivity index is 1.24. The summed E-state index contributed by atoms with van der Waals surface area (Å²) in [7, 11) is 0. The van der Waals surface area contributed by atoms with Crippen molar-refractivity contribution in [1.29, 1.82) is 0 Å². The monoisotopic (exact) mass is 795 g/mol. The number of para-hydroxylation sites is 1. The van der Waals surface area contributed by atoms with Gasteiger partial charge in [-0.25, -0.2) is 15.0 Å². The molecule has 0 saturated carbocycles. The number of aromatic nitrogens is 4. The highest BCUT2D eigenvalue weighted by Crippen LogP contribution is 2.41. The van der Waals surface area contributed by atoms with Gasteiger partial charge in [0.05, 0.1) is 40.0 Å². The van der Waals surface area contributed by atoms with Gasteiger partial charge in [-0.1, -0.05) is 200 Å². The standard InChI is InChI=1S/C57H38N4/c1-5-16-39(17-6-1)41-28-32-45(33-29-41)55-58-56(46-34-30-42(31-35-46)40-18-7-2-8-19-40)60-57(59-55)47-36-37-52(50(38-47)44-22-11-4-12-23-44)61-51-26-14-13-24-49(51)54-48(25-15-27-53(54)61)43-20-9-3-10-21-43/h1-38H/i3D,4D,9D,10D,11D,12D,13D,14D,15D,20D,21D,22D,23D,24D,25D,26D,27D. The molecule has 0 N–H and O–H groups in total. The summed E-state index contributed by atoms with van der Waals surface area (Å²) in [5.41, 5.74) is 2.84. The summed E-state index contributed by atoms with van der Waals surface area (Å²) in [6.45, 7) is 0. The molecule has 0 amide bonds. The molecular weight excluding hydrogens is 741 g/mol. The molecule has 0 aliphatic carbocycles. The molecule has 4 heteroatoms. The van der Waals surface area contributed by atoms with E-state index in [-0.39, 0.29) is 61.7 Å². The fourth-order valence-electron chi connectivity index (χ4n) is 7.48. The van der Waals surface area contributed by atoms with Crippen LogP contribution in [0, 0.1) is 0 Å². The van der Waals surface area contributed by atoms with Crippen LogP contribution >= 0.6 is 0 Å². The highest BCUT2D eigenvalue weighted by molar-refractivity contribution is 6.16. The summed E-state index contributed by atoms with van der Waals surface area (Å²) in [6.07, 6.45) is 0. The van der Waals surface area contributed by atoms with Crippen LogP contribution in [0.4, 0.5) is 0 Å². The lowest BCUT2D eigenvalue weighted by Crippen LogP contribution is -2.02. The normalized spacial score (nSPS) is 15.2. The Kier molecular flexibility index (Phi) is 5.66. The SMILES string of the molecule is [2H]c1c([2H])c([2H])c(-c2cc(-c3nc(-c4ccc(-c5ccccc5)cc4)nc(-c4ccc(-c5ccccc5)cc4)n3)ccc2-n2c3c([2H])c([2H])c([2H])c([2H])c3c3c(-c4c([2H])c([2H])c([2H])c([2H])c4[2H])c([2H])c([2H])c([2H])c32)c([2H])c1[2H]. The van der Waals surface area contributed by atoms with Gasteiger partial charge in [0.1, 0.15) is 0 Å². The van der Waals surface area contributed by atoms with E-state index in [9.17, 15) is 9.60 Å². The molecule has 4 nitrogen and oxygen atoms in total. The van der Waals surface area contributed by atoms with Gasteiger partial charge in [0.25, 0.3) is 0 Å². The lowest BCUT2D eigenvalue weighted by molar-refractivity contribution is 1.07. The minimum atomic E-state index is -0.802. The Labute approximate surface area is 378 Å². The molecule has 0 atom stereocenters. The zero-order chi connectivity index (χ0) is 55.3. The lowest BCUT2D eigenvalue weighted by atomic mass is 9.99. The van der Waals surface area contributed by atoms with Crippen molar-refractivity contribution in [2.24, 2.45) is 0 Å². The second-order valence-corrected chi connectivity index (χ2v) is 14.0. The van der Waals surface area contributed by atoms with Gasteiger partial charge < -0.3 is 4.57 Å². The Hall–Kier alpha value is -8.21. The number of hydrogen-bond acceptors (Lipinski definition) is 3. The third-order valence-electron chi connectivity index (χ3n) is 10.4. The zero-order valence-electron chi connectivity index (χ0n) is 48.9. The molecule has 0 fully saturated rings. The Morgan fingerprint density at radius 2 is 0.770 bits per heavy atom. The first-order valence-electron chi connectivity index (χ1n) is 27.7. The van der Waals surface area contributed by atoms with Gasteiger partial charge in [-0.05, 0) is 69.2 Å². The Morgan fingerprint density at radius 3 is 1.34 bits per heavy atom. The number of nitrogens with zero attached hydrogens (tertiary/aromatic N) is 4. The molecule has 0 unspecified atom stereocenters. The van der Waals surface area contributed by atoms with Crippen molar-refractivity contribution < 1.29 is 23.3 Å². The first-order valence-corrected chi connectivity index (χ1v) is 19.2. The van der Waals surface area contributed by atoms with E-state index in [1.54, 1.807) is 0 Å². The van der Waals surface area contributed by atoms with E-state index in [1.807, 2.05) is 109 Å². The molecular formula is C57H38N4. The molecule has 0 bridgehead atoms. The fourth-order valence-corrected chi connectivity index (χ4v) is 7.48. The second-order valence-electron chi connectivity index (χ2n) is 14.0. The molecule has 11 aromatic rings. The third-order valence-corrected chi connectivity index (χ3v) is 10.4. The van der Waals surface area contributed by atoms with Crippen molar-refractivity contribution in [1.82, 2.24) is 19.5 Å². The molecule has 2 heterocycles. The maximum Gasteiger partial charge on any atom is 0.164 e. The smallest absolute Gasteiger partial charge is 0.164 e. The largest absolute Gasteiger partial charge is 0.309 e. The van der Waals surface area contributed by atoms with Gasteiger partial charge in [0.15, 0.2) is 17.5 Å². The van der Waals surface area contributed by atoms with Crippen molar-refractivity contribution in [2.45, 2.75) is 0 Å². The van der Waals surface area contributed by atoms with Crippen molar-refractivity contribution in [3.63, 3.8) is 0 Å². The Morgan fingerprint density at radius 1 is 0.328 bits per heavy atom. The first-order chi connectivity index (χ1) is 37.3. The molecule has 286 valence electrons. The number of rotatable bonds is 8. The average molecular weight is 796 g/mol. The van der Waals surface area contributed by atoms with Gasteiger partial charge in [-0.2, -0.15) is 0 Å². The highest BCUT2D eigenvalue weighted by atomic mass is 15.0. The Bertz CT molecular complexity index is 4160.